The molecule has 78 valence electrons. The predicted octanol–water partition coefficient (Wildman–Crippen LogP) is 0.254. The Kier molecular flexibility index (Phi) is 7.69. The third-order valence-corrected chi connectivity index (χ3v) is 1.85. The van der Waals surface area contributed by atoms with Gasteiger partial charge in [-0.05, 0) is 6.42 Å². The molecule has 0 saturated carbocycles. The van der Waals surface area contributed by atoms with E-state index in [1.165, 1.54) is 4.90 Å². The van der Waals surface area contributed by atoms with Gasteiger partial charge in [-0.3, -0.25) is 4.79 Å². The number of unbranched alkanes of at least 4 members (excludes halogenated alkanes) is 2. The van der Waals surface area contributed by atoms with Crippen molar-refractivity contribution in [2.75, 3.05) is 27.2 Å². The molecular formula is C10H22NO2+. The quantitative estimate of drug-likeness (QED) is 0.459. The number of quaternary nitrogens is 1. The van der Waals surface area contributed by atoms with Crippen LogP contribution in [0.25, 0.3) is 0 Å². The number of hydrogen-bond acceptors (Lipinski definition) is 2. The summed E-state index contributed by atoms with van der Waals surface area (Å²) in [5.41, 5.74) is 0. The molecule has 0 heterocycles. The summed E-state index contributed by atoms with van der Waals surface area (Å²) in [5.74, 6) is -0.0466. The summed E-state index contributed by atoms with van der Waals surface area (Å²) in [6.07, 6.45) is 3.81. The van der Waals surface area contributed by atoms with Crippen molar-refractivity contribution in [1.29, 1.82) is 0 Å². The van der Waals surface area contributed by atoms with E-state index in [0.29, 0.717) is 13.0 Å². The van der Waals surface area contributed by atoms with Gasteiger partial charge >= 0.3 is 5.97 Å². The Labute approximate surface area is 81.1 Å². The molecule has 0 bridgehead atoms. The van der Waals surface area contributed by atoms with Gasteiger partial charge in [0.1, 0.15) is 13.2 Å². The van der Waals surface area contributed by atoms with Crippen molar-refractivity contribution in [2.45, 2.75) is 32.6 Å². The number of rotatable bonds is 7. The van der Waals surface area contributed by atoms with Crippen molar-refractivity contribution in [1.82, 2.24) is 0 Å². The van der Waals surface area contributed by atoms with Crippen LogP contribution in [-0.4, -0.2) is 33.2 Å². The van der Waals surface area contributed by atoms with E-state index in [4.69, 9.17) is 4.74 Å². The average Bonchev–Trinajstić information content (AvgIpc) is 2.04. The SMILES string of the molecule is CCCCCC(=O)OCC[NH+](C)C. The summed E-state index contributed by atoms with van der Waals surface area (Å²) in [6, 6.07) is 0. The van der Waals surface area contributed by atoms with E-state index in [1.807, 2.05) is 14.1 Å². The van der Waals surface area contributed by atoms with Gasteiger partial charge in [-0.25, -0.2) is 0 Å². The number of carbonyl (C=O) groups is 1. The number of ether oxygens (including phenoxy) is 1. The zero-order chi connectivity index (χ0) is 10.1. The molecule has 0 rings (SSSR count). The lowest BCUT2D eigenvalue weighted by atomic mass is 10.2. The lowest BCUT2D eigenvalue weighted by molar-refractivity contribution is -0.858. The van der Waals surface area contributed by atoms with Gasteiger partial charge in [-0.1, -0.05) is 19.8 Å². The molecule has 0 spiro atoms. The van der Waals surface area contributed by atoms with Crippen LogP contribution >= 0.6 is 0 Å². The van der Waals surface area contributed by atoms with Gasteiger partial charge in [0.15, 0.2) is 0 Å². The number of esters is 1. The van der Waals surface area contributed by atoms with Gasteiger partial charge in [0.05, 0.1) is 14.1 Å². The number of likely N-dealkylation sites (N-methyl/N-ethyl adjacent to an activating group) is 1. The molecule has 0 fully saturated rings. The van der Waals surface area contributed by atoms with E-state index >= 15 is 0 Å². The Hall–Kier alpha value is -0.570. The van der Waals surface area contributed by atoms with Crippen LogP contribution in [0.3, 0.4) is 0 Å². The molecule has 0 aromatic rings. The lowest BCUT2D eigenvalue weighted by Gasteiger charge is -2.07. The van der Waals surface area contributed by atoms with E-state index in [0.717, 1.165) is 25.8 Å². The van der Waals surface area contributed by atoms with E-state index in [-0.39, 0.29) is 5.97 Å². The summed E-state index contributed by atoms with van der Waals surface area (Å²) in [6.45, 7) is 3.56. The fraction of sp³-hybridized carbons (Fsp3) is 0.900. The van der Waals surface area contributed by atoms with Crippen molar-refractivity contribution in [3.8, 4) is 0 Å². The molecule has 0 unspecified atom stereocenters. The summed E-state index contributed by atoms with van der Waals surface area (Å²) in [5, 5.41) is 0. The van der Waals surface area contributed by atoms with Crippen LogP contribution in [0.5, 0.6) is 0 Å². The van der Waals surface area contributed by atoms with Gasteiger partial charge in [0.2, 0.25) is 0 Å². The topological polar surface area (TPSA) is 30.7 Å². The monoisotopic (exact) mass is 188 g/mol. The second-order valence-corrected chi connectivity index (χ2v) is 3.63. The molecule has 0 atom stereocenters. The molecule has 3 nitrogen and oxygen atoms in total. The Bertz CT molecular complexity index is 135. The molecule has 3 heteroatoms. The number of hydrogen-bond donors (Lipinski definition) is 1. The minimum atomic E-state index is -0.0466. The minimum Gasteiger partial charge on any atom is -0.460 e. The molecule has 0 aliphatic rings. The third-order valence-electron chi connectivity index (χ3n) is 1.85. The van der Waals surface area contributed by atoms with Gasteiger partial charge in [-0.15, -0.1) is 0 Å². The second kappa shape index (κ2) is 8.05. The molecular weight excluding hydrogens is 166 g/mol. The fourth-order valence-corrected chi connectivity index (χ4v) is 0.960. The van der Waals surface area contributed by atoms with E-state index < -0.39 is 0 Å². The van der Waals surface area contributed by atoms with Crippen LogP contribution in [0.15, 0.2) is 0 Å². The molecule has 0 aromatic carbocycles. The largest absolute Gasteiger partial charge is 0.460 e. The van der Waals surface area contributed by atoms with E-state index in [9.17, 15) is 4.79 Å². The van der Waals surface area contributed by atoms with Gasteiger partial charge in [-0.2, -0.15) is 0 Å². The summed E-state index contributed by atoms with van der Waals surface area (Å²) < 4.78 is 5.04. The van der Waals surface area contributed by atoms with Crippen LogP contribution in [0, 0.1) is 0 Å². The van der Waals surface area contributed by atoms with E-state index in [2.05, 4.69) is 6.92 Å². The maximum Gasteiger partial charge on any atom is 0.305 e. The van der Waals surface area contributed by atoms with Crippen LogP contribution < -0.4 is 4.90 Å². The zero-order valence-electron chi connectivity index (χ0n) is 9.06. The third kappa shape index (κ3) is 9.34. The highest BCUT2D eigenvalue weighted by Crippen LogP contribution is 1.99. The van der Waals surface area contributed by atoms with Crippen LogP contribution in [0.2, 0.25) is 0 Å². The Morgan fingerprint density at radius 3 is 2.54 bits per heavy atom. The number of carbonyl (C=O) groups excluding carboxylic acids is 1. The van der Waals surface area contributed by atoms with Gasteiger partial charge in [0, 0.05) is 6.42 Å². The molecule has 13 heavy (non-hydrogen) atoms. The molecule has 0 amide bonds. The van der Waals surface area contributed by atoms with Crippen molar-refractivity contribution in [2.24, 2.45) is 0 Å². The highest BCUT2D eigenvalue weighted by Gasteiger charge is 2.02. The van der Waals surface area contributed by atoms with Crippen molar-refractivity contribution in [3.63, 3.8) is 0 Å². The standard InChI is InChI=1S/C10H21NO2/c1-4-5-6-7-10(12)13-9-8-11(2)3/h4-9H2,1-3H3/p+1. The van der Waals surface area contributed by atoms with E-state index in [1.54, 1.807) is 0 Å². The summed E-state index contributed by atoms with van der Waals surface area (Å²) in [4.78, 5) is 12.4. The molecule has 0 aliphatic heterocycles. The Balaban J connectivity index is 3.20. The first-order chi connectivity index (χ1) is 6.16. The van der Waals surface area contributed by atoms with Crippen LogP contribution in [0.4, 0.5) is 0 Å². The van der Waals surface area contributed by atoms with Gasteiger partial charge in [0.25, 0.3) is 0 Å². The van der Waals surface area contributed by atoms with Crippen molar-refractivity contribution in [3.05, 3.63) is 0 Å². The highest BCUT2D eigenvalue weighted by molar-refractivity contribution is 5.69. The van der Waals surface area contributed by atoms with Crippen molar-refractivity contribution < 1.29 is 14.4 Å². The fourth-order valence-electron chi connectivity index (χ4n) is 0.960. The second-order valence-electron chi connectivity index (χ2n) is 3.63. The van der Waals surface area contributed by atoms with Crippen LogP contribution in [-0.2, 0) is 9.53 Å². The van der Waals surface area contributed by atoms with Crippen molar-refractivity contribution >= 4 is 5.97 Å². The molecule has 0 radical (unpaired) electrons. The van der Waals surface area contributed by atoms with Gasteiger partial charge < -0.3 is 9.64 Å². The first-order valence-corrected chi connectivity index (χ1v) is 5.11. The Morgan fingerprint density at radius 2 is 2.00 bits per heavy atom. The normalized spacial score (nSPS) is 10.5. The molecule has 0 aliphatic carbocycles. The molecule has 1 N–H and O–H groups in total. The predicted molar refractivity (Wildman–Crippen MR) is 52.8 cm³/mol. The maximum absolute atomic E-state index is 11.1. The summed E-state index contributed by atoms with van der Waals surface area (Å²) in [7, 11) is 4.09. The summed E-state index contributed by atoms with van der Waals surface area (Å²) >= 11 is 0. The Morgan fingerprint density at radius 1 is 1.31 bits per heavy atom. The first-order valence-electron chi connectivity index (χ1n) is 5.11. The zero-order valence-corrected chi connectivity index (χ0v) is 9.06. The average molecular weight is 188 g/mol. The smallest absolute Gasteiger partial charge is 0.305 e. The first kappa shape index (κ1) is 12.4. The molecule has 0 saturated heterocycles. The lowest BCUT2D eigenvalue weighted by Crippen LogP contribution is -3.06. The highest BCUT2D eigenvalue weighted by atomic mass is 16.5. The number of nitrogens with one attached hydrogen (secondary N) is 1. The van der Waals surface area contributed by atoms with Crippen LogP contribution in [0.1, 0.15) is 32.6 Å². The minimum absolute atomic E-state index is 0.0466. The maximum atomic E-state index is 11.1. The molecule has 0 aromatic heterocycles.